The second kappa shape index (κ2) is 6.06. The van der Waals surface area contributed by atoms with E-state index in [9.17, 15) is 8.42 Å². The maximum absolute atomic E-state index is 10.9. The quantitative estimate of drug-likeness (QED) is 0.573. The molecule has 0 bridgehead atoms. The van der Waals surface area contributed by atoms with Crippen LogP contribution < -0.4 is 5.32 Å². The van der Waals surface area contributed by atoms with Gasteiger partial charge in [0, 0.05) is 18.7 Å². The molecule has 15 heavy (non-hydrogen) atoms. The maximum Gasteiger partial charge on any atom is 0.148 e. The number of hydrogen-bond acceptors (Lipinski definition) is 3. The Balaban J connectivity index is 2.15. The number of sulfone groups is 1. The van der Waals surface area contributed by atoms with Crippen LogP contribution in [-0.2, 0) is 9.84 Å². The Morgan fingerprint density at radius 2 is 2.00 bits per heavy atom. The Kier molecular flexibility index (Phi) is 5.36. The highest BCUT2D eigenvalue weighted by molar-refractivity contribution is 7.90. The van der Waals surface area contributed by atoms with Crippen LogP contribution in [0.25, 0.3) is 0 Å². The predicted molar refractivity (Wildman–Crippen MR) is 64.1 cm³/mol. The minimum atomic E-state index is -2.83. The first kappa shape index (κ1) is 13.3. The van der Waals surface area contributed by atoms with E-state index in [-0.39, 0.29) is 5.75 Å². The van der Waals surface area contributed by atoms with Gasteiger partial charge in [0.2, 0.25) is 0 Å². The monoisotopic (exact) mass is 253 g/mol. The highest BCUT2D eigenvalue weighted by atomic mass is 35.5. The fraction of sp³-hybridized carbons (Fsp3) is 1.00. The van der Waals surface area contributed by atoms with E-state index in [0.29, 0.717) is 18.4 Å². The summed E-state index contributed by atoms with van der Waals surface area (Å²) in [5, 5.41) is 3.21. The summed E-state index contributed by atoms with van der Waals surface area (Å²) in [5.74, 6) is 2.23. The third-order valence-electron chi connectivity index (χ3n) is 3.07. The van der Waals surface area contributed by atoms with Crippen molar-refractivity contribution in [2.24, 2.45) is 11.8 Å². The first-order chi connectivity index (χ1) is 7.03. The van der Waals surface area contributed by atoms with Crippen molar-refractivity contribution in [2.45, 2.75) is 19.3 Å². The first-order valence-electron chi connectivity index (χ1n) is 5.47. The average Bonchev–Trinajstić information content (AvgIpc) is 2.58. The van der Waals surface area contributed by atoms with Crippen LogP contribution in [0.4, 0.5) is 0 Å². The van der Waals surface area contributed by atoms with Gasteiger partial charge in [-0.2, -0.15) is 0 Å². The number of halogens is 1. The third-order valence-corrected chi connectivity index (χ3v) is 4.41. The lowest BCUT2D eigenvalue weighted by atomic mass is 9.98. The molecule has 1 aliphatic rings. The zero-order valence-corrected chi connectivity index (χ0v) is 10.8. The highest BCUT2D eigenvalue weighted by Crippen LogP contribution is 2.31. The van der Waals surface area contributed by atoms with Crippen LogP contribution in [0, 0.1) is 11.8 Å². The largest absolute Gasteiger partial charge is 0.315 e. The molecule has 0 heterocycles. The topological polar surface area (TPSA) is 46.2 Å². The summed E-state index contributed by atoms with van der Waals surface area (Å²) in [6, 6.07) is 0. The molecule has 2 unspecified atom stereocenters. The van der Waals surface area contributed by atoms with E-state index in [0.717, 1.165) is 12.4 Å². The number of nitrogens with one attached hydrogen (secondary N) is 1. The molecule has 3 nitrogen and oxygen atoms in total. The molecular weight excluding hydrogens is 234 g/mol. The van der Waals surface area contributed by atoms with Crippen molar-refractivity contribution in [3.05, 3.63) is 0 Å². The minimum Gasteiger partial charge on any atom is -0.315 e. The number of rotatable bonds is 6. The van der Waals surface area contributed by atoms with Crippen LogP contribution in [-0.4, -0.2) is 39.4 Å². The second-order valence-corrected chi connectivity index (χ2v) is 7.01. The van der Waals surface area contributed by atoms with Gasteiger partial charge in [0.25, 0.3) is 0 Å². The second-order valence-electron chi connectivity index (χ2n) is 4.44. The van der Waals surface area contributed by atoms with Crippen LogP contribution in [0.2, 0.25) is 0 Å². The SMILES string of the molecule is CS(=O)(=O)CCNCC1CCCC1CCl. The van der Waals surface area contributed by atoms with Gasteiger partial charge < -0.3 is 5.32 Å². The Bertz CT molecular complexity index is 279. The van der Waals surface area contributed by atoms with E-state index in [1.54, 1.807) is 0 Å². The number of alkyl halides is 1. The van der Waals surface area contributed by atoms with Gasteiger partial charge in [0.15, 0.2) is 0 Å². The molecule has 1 N–H and O–H groups in total. The highest BCUT2D eigenvalue weighted by Gasteiger charge is 2.25. The van der Waals surface area contributed by atoms with Gasteiger partial charge in [-0.3, -0.25) is 0 Å². The lowest BCUT2D eigenvalue weighted by molar-refractivity contribution is 0.400. The van der Waals surface area contributed by atoms with Gasteiger partial charge in [-0.25, -0.2) is 8.42 Å². The predicted octanol–water partition coefficient (Wildman–Crippen LogP) is 1.28. The van der Waals surface area contributed by atoms with Crippen LogP contribution >= 0.6 is 11.6 Å². The number of hydrogen-bond donors (Lipinski definition) is 1. The molecule has 0 aromatic heterocycles. The van der Waals surface area contributed by atoms with Crippen molar-refractivity contribution >= 4 is 21.4 Å². The molecule has 1 saturated carbocycles. The molecule has 0 aromatic rings. The smallest absolute Gasteiger partial charge is 0.148 e. The Morgan fingerprint density at radius 3 is 2.60 bits per heavy atom. The standard InChI is InChI=1S/C10H20ClNO2S/c1-15(13,14)6-5-12-8-10-4-2-3-9(10)7-11/h9-10,12H,2-8H2,1H3. The van der Waals surface area contributed by atoms with Crippen molar-refractivity contribution in [2.75, 3.05) is 31.0 Å². The molecule has 1 fully saturated rings. The lowest BCUT2D eigenvalue weighted by Gasteiger charge is -2.17. The summed E-state index contributed by atoms with van der Waals surface area (Å²) >= 11 is 5.86. The van der Waals surface area contributed by atoms with E-state index in [2.05, 4.69) is 5.32 Å². The molecule has 2 atom stereocenters. The third kappa shape index (κ3) is 5.18. The molecule has 90 valence electrons. The molecule has 0 saturated heterocycles. The molecule has 0 radical (unpaired) electrons. The summed E-state index contributed by atoms with van der Waals surface area (Å²) in [7, 11) is -2.83. The minimum absolute atomic E-state index is 0.227. The van der Waals surface area contributed by atoms with E-state index >= 15 is 0 Å². The van der Waals surface area contributed by atoms with Gasteiger partial charge >= 0.3 is 0 Å². The van der Waals surface area contributed by atoms with Gasteiger partial charge in [-0.1, -0.05) is 6.42 Å². The maximum atomic E-state index is 10.9. The molecule has 1 aliphatic carbocycles. The normalized spacial score (nSPS) is 27.1. The molecular formula is C10H20ClNO2S. The van der Waals surface area contributed by atoms with Crippen LogP contribution in [0.15, 0.2) is 0 Å². The zero-order chi connectivity index (χ0) is 11.3. The van der Waals surface area contributed by atoms with Gasteiger partial charge in [-0.05, 0) is 31.2 Å². The summed E-state index contributed by atoms with van der Waals surface area (Å²) < 4.78 is 21.8. The Labute approximate surface area is 97.5 Å². The van der Waals surface area contributed by atoms with Crippen molar-refractivity contribution in [3.63, 3.8) is 0 Å². The van der Waals surface area contributed by atoms with Crippen LogP contribution in [0.1, 0.15) is 19.3 Å². The van der Waals surface area contributed by atoms with Crippen molar-refractivity contribution in [3.8, 4) is 0 Å². The lowest BCUT2D eigenvalue weighted by Crippen LogP contribution is -2.29. The first-order valence-corrected chi connectivity index (χ1v) is 8.07. The summed E-state index contributed by atoms with van der Waals surface area (Å²) in [6.07, 6.45) is 4.98. The van der Waals surface area contributed by atoms with E-state index in [4.69, 9.17) is 11.6 Å². The molecule has 5 heteroatoms. The molecule has 0 aliphatic heterocycles. The summed E-state index contributed by atoms with van der Waals surface area (Å²) in [4.78, 5) is 0. The summed E-state index contributed by atoms with van der Waals surface area (Å²) in [6.45, 7) is 1.47. The molecule has 0 aromatic carbocycles. The van der Waals surface area contributed by atoms with E-state index in [1.165, 1.54) is 25.5 Å². The van der Waals surface area contributed by atoms with Crippen LogP contribution in [0.5, 0.6) is 0 Å². The van der Waals surface area contributed by atoms with Crippen molar-refractivity contribution in [1.82, 2.24) is 5.32 Å². The van der Waals surface area contributed by atoms with Crippen molar-refractivity contribution < 1.29 is 8.42 Å². The van der Waals surface area contributed by atoms with Crippen molar-refractivity contribution in [1.29, 1.82) is 0 Å². The average molecular weight is 254 g/mol. The van der Waals surface area contributed by atoms with Crippen LogP contribution in [0.3, 0.4) is 0 Å². The van der Waals surface area contributed by atoms with Gasteiger partial charge in [0.05, 0.1) is 5.75 Å². The molecule has 0 amide bonds. The molecule has 1 rings (SSSR count). The van der Waals surface area contributed by atoms with E-state index in [1.807, 2.05) is 0 Å². The fourth-order valence-corrected chi connectivity index (χ4v) is 3.05. The zero-order valence-electron chi connectivity index (χ0n) is 9.21. The Morgan fingerprint density at radius 1 is 1.33 bits per heavy atom. The summed E-state index contributed by atoms with van der Waals surface area (Å²) in [5.41, 5.74) is 0. The van der Waals surface area contributed by atoms with Gasteiger partial charge in [-0.15, -0.1) is 11.6 Å². The Hall–Kier alpha value is 0.200. The fourth-order valence-electron chi connectivity index (χ4n) is 2.13. The molecule has 0 spiro atoms. The van der Waals surface area contributed by atoms with E-state index < -0.39 is 9.84 Å². The van der Waals surface area contributed by atoms with Gasteiger partial charge in [0.1, 0.15) is 9.84 Å².